The van der Waals surface area contributed by atoms with Crippen molar-refractivity contribution in [2.75, 3.05) is 0 Å². The van der Waals surface area contributed by atoms with Gasteiger partial charge >= 0.3 is 0 Å². The highest BCUT2D eigenvalue weighted by Crippen LogP contribution is 2.23. The molecule has 0 atom stereocenters. The molecule has 1 aliphatic rings. The maximum Gasteiger partial charge on any atom is 0.201 e. The van der Waals surface area contributed by atoms with E-state index in [2.05, 4.69) is 17.2 Å². The first-order valence-corrected chi connectivity index (χ1v) is 4.96. The average Bonchev–Trinajstić information content (AvgIpc) is 2.23. The predicted molar refractivity (Wildman–Crippen MR) is 58.0 cm³/mol. The van der Waals surface area contributed by atoms with Gasteiger partial charge < -0.3 is 5.32 Å². The van der Waals surface area contributed by atoms with Crippen LogP contribution < -0.4 is 5.32 Å². The van der Waals surface area contributed by atoms with Crippen molar-refractivity contribution in [3.63, 3.8) is 0 Å². The average molecular weight is 219 g/mol. The smallest absolute Gasteiger partial charge is 0.201 e. The summed E-state index contributed by atoms with van der Waals surface area (Å²) in [5, 5.41) is 3.82. The molecule has 0 bridgehead atoms. The molecule has 1 aliphatic heterocycles. The second-order valence-corrected chi connectivity index (χ2v) is 3.48. The van der Waals surface area contributed by atoms with Gasteiger partial charge in [-0.05, 0) is 30.5 Å². The van der Waals surface area contributed by atoms with Gasteiger partial charge in [-0.3, -0.25) is 0 Å². The third-order valence-electron chi connectivity index (χ3n) is 1.93. The zero-order valence-corrected chi connectivity index (χ0v) is 9.21. The molecule has 0 fully saturated rings. The van der Waals surface area contributed by atoms with E-state index < -0.39 is 0 Å². The van der Waals surface area contributed by atoms with Crippen LogP contribution in [-0.4, -0.2) is 5.29 Å². The number of hydrogen-bond acceptors (Lipinski definition) is 2. The van der Waals surface area contributed by atoms with E-state index in [9.17, 15) is 0 Å². The molecule has 0 unspecified atom stereocenters. The number of hydrogen-bond donors (Lipinski definition) is 1. The lowest BCUT2D eigenvalue weighted by Gasteiger charge is -2.06. The Labute approximate surface area is 88.3 Å². The van der Waals surface area contributed by atoms with Crippen LogP contribution in [0.1, 0.15) is 26.7 Å². The minimum atomic E-state index is 0.335. The standard InChI is InChI=1S/C9H12Cl2N2/c1-3-6-5-7(4-2)12-9(11)13-8(6)10/h4H,3,5H2,1-2H3,(H,12,13)/b7-4-. The van der Waals surface area contributed by atoms with Crippen LogP contribution in [0.2, 0.25) is 0 Å². The summed E-state index contributed by atoms with van der Waals surface area (Å²) in [7, 11) is 0. The summed E-state index contributed by atoms with van der Waals surface area (Å²) < 4.78 is 0. The molecule has 2 nitrogen and oxygen atoms in total. The number of nitrogens with zero attached hydrogens (tertiary/aromatic N) is 1. The van der Waals surface area contributed by atoms with Crippen LogP contribution in [0, 0.1) is 0 Å². The van der Waals surface area contributed by atoms with Crippen LogP contribution in [0.25, 0.3) is 0 Å². The third kappa shape index (κ3) is 2.75. The van der Waals surface area contributed by atoms with Crippen LogP contribution in [0.15, 0.2) is 27.5 Å². The van der Waals surface area contributed by atoms with Gasteiger partial charge in [0.2, 0.25) is 5.29 Å². The summed E-state index contributed by atoms with van der Waals surface area (Å²) in [6.45, 7) is 4.01. The molecule has 0 amide bonds. The van der Waals surface area contributed by atoms with Crippen LogP contribution in [0.3, 0.4) is 0 Å². The monoisotopic (exact) mass is 218 g/mol. The molecule has 0 aromatic rings. The van der Waals surface area contributed by atoms with Crippen molar-refractivity contribution in [2.45, 2.75) is 26.7 Å². The van der Waals surface area contributed by atoms with E-state index >= 15 is 0 Å². The van der Waals surface area contributed by atoms with Crippen molar-refractivity contribution in [1.82, 2.24) is 5.32 Å². The molecule has 0 aromatic carbocycles. The fourth-order valence-corrected chi connectivity index (χ4v) is 1.65. The number of nitrogens with one attached hydrogen (secondary N) is 1. The van der Waals surface area contributed by atoms with Crippen molar-refractivity contribution in [3.8, 4) is 0 Å². The molecule has 72 valence electrons. The Balaban J connectivity index is 3.00. The van der Waals surface area contributed by atoms with Crippen LogP contribution in [-0.2, 0) is 0 Å². The Morgan fingerprint density at radius 2 is 2.23 bits per heavy atom. The van der Waals surface area contributed by atoms with E-state index in [0.717, 1.165) is 24.1 Å². The van der Waals surface area contributed by atoms with Gasteiger partial charge in [-0.25, -0.2) is 4.99 Å². The first kappa shape index (κ1) is 10.6. The number of amidine groups is 1. The van der Waals surface area contributed by atoms with Crippen molar-refractivity contribution >= 4 is 28.5 Å². The molecule has 0 aromatic heterocycles. The minimum absolute atomic E-state index is 0.335. The molecular weight excluding hydrogens is 207 g/mol. The van der Waals surface area contributed by atoms with Gasteiger partial charge in [0.25, 0.3) is 0 Å². The summed E-state index contributed by atoms with van der Waals surface area (Å²) in [6.07, 6.45) is 3.67. The molecule has 1 N–H and O–H groups in total. The van der Waals surface area contributed by atoms with Gasteiger partial charge in [0.1, 0.15) is 5.16 Å². The second kappa shape index (κ2) is 4.68. The lowest BCUT2D eigenvalue weighted by atomic mass is 10.1. The second-order valence-electron chi connectivity index (χ2n) is 2.77. The zero-order valence-electron chi connectivity index (χ0n) is 7.69. The molecule has 13 heavy (non-hydrogen) atoms. The molecule has 0 spiro atoms. The molecular formula is C9H12Cl2N2. The predicted octanol–water partition coefficient (Wildman–Crippen LogP) is 3.34. The van der Waals surface area contributed by atoms with Crippen LogP contribution in [0.4, 0.5) is 0 Å². The maximum atomic E-state index is 5.94. The number of allylic oxidation sites excluding steroid dienone is 2. The van der Waals surface area contributed by atoms with E-state index in [-0.39, 0.29) is 0 Å². The van der Waals surface area contributed by atoms with Gasteiger partial charge in [-0.15, -0.1) is 0 Å². The quantitative estimate of drug-likeness (QED) is 0.672. The molecule has 0 radical (unpaired) electrons. The summed E-state index contributed by atoms with van der Waals surface area (Å²) in [6, 6.07) is 0. The largest absolute Gasteiger partial charge is 0.334 e. The van der Waals surface area contributed by atoms with Gasteiger partial charge in [0, 0.05) is 12.1 Å². The SMILES string of the molecule is C/C=C1/CC(CC)=C(Cl)N=C(Cl)N1. The summed E-state index contributed by atoms with van der Waals surface area (Å²) in [5.41, 5.74) is 2.15. The normalized spacial score (nSPS) is 21.2. The molecule has 1 rings (SSSR count). The van der Waals surface area contributed by atoms with Crippen molar-refractivity contribution < 1.29 is 0 Å². The topological polar surface area (TPSA) is 24.4 Å². The highest BCUT2D eigenvalue weighted by molar-refractivity contribution is 6.65. The Morgan fingerprint density at radius 1 is 1.54 bits per heavy atom. The van der Waals surface area contributed by atoms with Crippen molar-refractivity contribution in [3.05, 3.63) is 22.5 Å². The van der Waals surface area contributed by atoms with E-state index in [0.29, 0.717) is 10.5 Å². The molecule has 4 heteroatoms. The summed E-state index contributed by atoms with van der Waals surface area (Å²) in [5.74, 6) is 0. The summed E-state index contributed by atoms with van der Waals surface area (Å²) in [4.78, 5) is 4.00. The van der Waals surface area contributed by atoms with Crippen molar-refractivity contribution in [2.24, 2.45) is 4.99 Å². The Hall–Kier alpha value is -0.470. The van der Waals surface area contributed by atoms with Crippen molar-refractivity contribution in [1.29, 1.82) is 0 Å². The molecule has 1 heterocycles. The van der Waals surface area contributed by atoms with Gasteiger partial charge in [0.15, 0.2) is 0 Å². The van der Waals surface area contributed by atoms with E-state index in [1.807, 2.05) is 13.0 Å². The van der Waals surface area contributed by atoms with E-state index in [1.54, 1.807) is 0 Å². The lowest BCUT2D eigenvalue weighted by molar-refractivity contribution is 0.940. The third-order valence-corrected chi connectivity index (χ3v) is 2.46. The number of aliphatic imine (C=N–C) groups is 1. The van der Waals surface area contributed by atoms with Crippen LogP contribution in [0.5, 0.6) is 0 Å². The summed E-state index contributed by atoms with van der Waals surface area (Å²) >= 11 is 11.7. The fraction of sp³-hybridized carbons (Fsp3) is 0.444. The first-order valence-electron chi connectivity index (χ1n) is 4.21. The number of halogens is 2. The lowest BCUT2D eigenvalue weighted by Crippen LogP contribution is -2.16. The van der Waals surface area contributed by atoms with E-state index in [4.69, 9.17) is 23.2 Å². The molecule has 0 saturated carbocycles. The molecule has 0 saturated heterocycles. The van der Waals surface area contributed by atoms with Gasteiger partial charge in [-0.2, -0.15) is 0 Å². The van der Waals surface area contributed by atoms with Gasteiger partial charge in [0.05, 0.1) is 0 Å². The highest BCUT2D eigenvalue weighted by Gasteiger charge is 2.11. The Bertz CT molecular complexity index is 290. The Kier molecular flexibility index (Phi) is 3.82. The van der Waals surface area contributed by atoms with Crippen LogP contribution >= 0.6 is 23.2 Å². The first-order chi connectivity index (χ1) is 6.17. The maximum absolute atomic E-state index is 5.94. The highest BCUT2D eigenvalue weighted by atomic mass is 35.5. The molecule has 0 aliphatic carbocycles. The number of rotatable bonds is 1. The minimum Gasteiger partial charge on any atom is -0.334 e. The van der Waals surface area contributed by atoms with Gasteiger partial charge in [-0.1, -0.05) is 24.6 Å². The zero-order chi connectivity index (χ0) is 9.84. The fourth-order valence-electron chi connectivity index (χ4n) is 1.12. The Morgan fingerprint density at radius 3 is 2.77 bits per heavy atom. The van der Waals surface area contributed by atoms with E-state index in [1.165, 1.54) is 0 Å².